The predicted molar refractivity (Wildman–Crippen MR) is 82.4 cm³/mol. The zero-order valence-corrected chi connectivity index (χ0v) is 12.5. The standard InChI is InChI=1S/C17H19NO3/c1-11-8-12(2)17(13(3)9-11)16(19)10-14-4-6-15(7-5-14)18(20)21/h4-9,16,19H,10H2,1-3H3. The molecule has 110 valence electrons. The molecule has 0 radical (unpaired) electrons. The fourth-order valence-corrected chi connectivity index (χ4v) is 2.80. The average Bonchev–Trinajstić information content (AvgIpc) is 2.37. The van der Waals surface area contributed by atoms with Gasteiger partial charge in [0.2, 0.25) is 0 Å². The number of benzene rings is 2. The Morgan fingerprint density at radius 1 is 1.10 bits per heavy atom. The van der Waals surface area contributed by atoms with Gasteiger partial charge >= 0.3 is 0 Å². The summed E-state index contributed by atoms with van der Waals surface area (Å²) in [5.74, 6) is 0. The highest BCUT2D eigenvalue weighted by Crippen LogP contribution is 2.26. The molecule has 1 N–H and O–H groups in total. The van der Waals surface area contributed by atoms with Crippen molar-refractivity contribution in [2.24, 2.45) is 0 Å². The van der Waals surface area contributed by atoms with Crippen molar-refractivity contribution in [2.75, 3.05) is 0 Å². The molecule has 0 saturated heterocycles. The maximum Gasteiger partial charge on any atom is 0.269 e. The first-order chi connectivity index (χ1) is 9.88. The van der Waals surface area contributed by atoms with Crippen molar-refractivity contribution < 1.29 is 10.0 Å². The molecule has 0 aromatic heterocycles. The van der Waals surface area contributed by atoms with Crippen LogP contribution in [0.4, 0.5) is 5.69 Å². The van der Waals surface area contributed by atoms with Gasteiger partial charge in [-0.1, -0.05) is 29.8 Å². The van der Waals surface area contributed by atoms with Crippen molar-refractivity contribution in [3.05, 3.63) is 74.3 Å². The van der Waals surface area contributed by atoms with Gasteiger partial charge in [0.15, 0.2) is 0 Å². The second kappa shape index (κ2) is 6.06. The van der Waals surface area contributed by atoms with E-state index in [-0.39, 0.29) is 5.69 Å². The molecule has 4 heteroatoms. The molecule has 0 spiro atoms. The molecule has 0 aliphatic heterocycles. The minimum absolute atomic E-state index is 0.0657. The molecule has 1 unspecified atom stereocenters. The van der Waals surface area contributed by atoms with Crippen molar-refractivity contribution in [1.29, 1.82) is 0 Å². The van der Waals surface area contributed by atoms with Crippen LogP contribution in [0.3, 0.4) is 0 Å². The molecule has 0 aliphatic rings. The molecule has 21 heavy (non-hydrogen) atoms. The van der Waals surface area contributed by atoms with Gasteiger partial charge in [-0.15, -0.1) is 0 Å². The lowest BCUT2D eigenvalue weighted by atomic mass is 9.92. The Morgan fingerprint density at radius 2 is 1.62 bits per heavy atom. The highest BCUT2D eigenvalue weighted by molar-refractivity contribution is 5.40. The van der Waals surface area contributed by atoms with Gasteiger partial charge in [-0.05, 0) is 43.0 Å². The zero-order valence-electron chi connectivity index (χ0n) is 12.5. The molecule has 0 heterocycles. The van der Waals surface area contributed by atoms with Crippen molar-refractivity contribution >= 4 is 5.69 Å². The molecule has 4 nitrogen and oxygen atoms in total. The number of rotatable bonds is 4. The van der Waals surface area contributed by atoms with Crippen LogP contribution >= 0.6 is 0 Å². The summed E-state index contributed by atoms with van der Waals surface area (Å²) in [5, 5.41) is 21.1. The van der Waals surface area contributed by atoms with Crippen LogP contribution in [0.5, 0.6) is 0 Å². The number of hydrogen-bond donors (Lipinski definition) is 1. The summed E-state index contributed by atoms with van der Waals surface area (Å²) >= 11 is 0. The van der Waals surface area contributed by atoms with Crippen LogP contribution in [0.25, 0.3) is 0 Å². The molecular weight excluding hydrogens is 266 g/mol. The van der Waals surface area contributed by atoms with Crippen LogP contribution in [0.15, 0.2) is 36.4 Å². The van der Waals surface area contributed by atoms with E-state index in [1.165, 1.54) is 17.7 Å². The number of hydrogen-bond acceptors (Lipinski definition) is 3. The number of nitro groups is 1. The molecule has 0 bridgehead atoms. The number of non-ortho nitro benzene ring substituents is 1. The van der Waals surface area contributed by atoms with E-state index in [1.807, 2.05) is 20.8 Å². The van der Waals surface area contributed by atoms with Gasteiger partial charge in [0.1, 0.15) is 0 Å². The van der Waals surface area contributed by atoms with E-state index < -0.39 is 11.0 Å². The normalized spacial score (nSPS) is 12.2. The summed E-state index contributed by atoms with van der Waals surface area (Å²) < 4.78 is 0. The molecule has 2 aromatic rings. The maximum absolute atomic E-state index is 10.6. The van der Waals surface area contributed by atoms with E-state index in [9.17, 15) is 15.2 Å². The molecule has 2 rings (SSSR count). The van der Waals surface area contributed by atoms with E-state index in [1.54, 1.807) is 12.1 Å². The second-order valence-electron chi connectivity index (χ2n) is 5.46. The molecule has 0 fully saturated rings. The predicted octanol–water partition coefficient (Wildman–Crippen LogP) is 3.80. The second-order valence-corrected chi connectivity index (χ2v) is 5.46. The fraction of sp³-hybridized carbons (Fsp3) is 0.294. The van der Waals surface area contributed by atoms with Gasteiger partial charge < -0.3 is 5.11 Å². The summed E-state index contributed by atoms with van der Waals surface area (Å²) in [4.78, 5) is 10.2. The van der Waals surface area contributed by atoms with Crippen LogP contribution in [0.2, 0.25) is 0 Å². The van der Waals surface area contributed by atoms with Crippen LogP contribution in [0, 0.1) is 30.9 Å². The molecule has 0 amide bonds. The molecule has 0 saturated carbocycles. The Kier molecular flexibility index (Phi) is 4.38. The quantitative estimate of drug-likeness (QED) is 0.686. The lowest BCUT2D eigenvalue weighted by Gasteiger charge is -2.17. The largest absolute Gasteiger partial charge is 0.388 e. The number of aryl methyl sites for hydroxylation is 3. The van der Waals surface area contributed by atoms with Gasteiger partial charge in [0.05, 0.1) is 11.0 Å². The number of aliphatic hydroxyl groups is 1. The summed E-state index contributed by atoms with van der Waals surface area (Å²) in [7, 11) is 0. The van der Waals surface area contributed by atoms with Crippen molar-refractivity contribution in [1.82, 2.24) is 0 Å². The molecule has 0 aliphatic carbocycles. The monoisotopic (exact) mass is 285 g/mol. The number of nitrogens with zero attached hydrogens (tertiary/aromatic N) is 1. The van der Waals surface area contributed by atoms with E-state index in [4.69, 9.17) is 0 Å². The third-order valence-electron chi connectivity index (χ3n) is 3.65. The molecule has 2 aromatic carbocycles. The summed E-state index contributed by atoms with van der Waals surface area (Å²) in [6.45, 7) is 6.02. The topological polar surface area (TPSA) is 63.4 Å². The first kappa shape index (κ1) is 15.2. The SMILES string of the molecule is Cc1cc(C)c(C(O)Cc2ccc([N+](=O)[O-])cc2)c(C)c1. The minimum Gasteiger partial charge on any atom is -0.388 e. The van der Waals surface area contributed by atoms with E-state index in [0.717, 1.165) is 22.3 Å². The average molecular weight is 285 g/mol. The first-order valence-corrected chi connectivity index (χ1v) is 6.87. The Labute approximate surface area is 124 Å². The Hall–Kier alpha value is -2.20. The van der Waals surface area contributed by atoms with Crippen molar-refractivity contribution in [3.8, 4) is 0 Å². The summed E-state index contributed by atoms with van der Waals surface area (Å²) in [5.41, 5.74) is 5.21. The van der Waals surface area contributed by atoms with E-state index in [0.29, 0.717) is 6.42 Å². The maximum atomic E-state index is 10.6. The van der Waals surface area contributed by atoms with Crippen molar-refractivity contribution in [3.63, 3.8) is 0 Å². The molecule has 1 atom stereocenters. The number of aliphatic hydroxyl groups excluding tert-OH is 1. The van der Waals surface area contributed by atoms with Crippen LogP contribution < -0.4 is 0 Å². The Morgan fingerprint density at radius 3 is 2.10 bits per heavy atom. The minimum atomic E-state index is -0.605. The highest BCUT2D eigenvalue weighted by Gasteiger charge is 2.15. The number of nitro benzene ring substituents is 1. The van der Waals surface area contributed by atoms with Crippen LogP contribution in [-0.4, -0.2) is 10.0 Å². The molecular formula is C17H19NO3. The van der Waals surface area contributed by atoms with Gasteiger partial charge in [0, 0.05) is 18.6 Å². The Bertz CT molecular complexity index is 639. The lowest BCUT2D eigenvalue weighted by molar-refractivity contribution is -0.384. The zero-order chi connectivity index (χ0) is 15.6. The van der Waals surface area contributed by atoms with Gasteiger partial charge in [-0.2, -0.15) is 0 Å². The third-order valence-corrected chi connectivity index (χ3v) is 3.65. The summed E-state index contributed by atoms with van der Waals surface area (Å²) in [6.07, 6.45) is -0.157. The third kappa shape index (κ3) is 3.47. The lowest BCUT2D eigenvalue weighted by Crippen LogP contribution is -2.06. The van der Waals surface area contributed by atoms with E-state index in [2.05, 4.69) is 12.1 Å². The van der Waals surface area contributed by atoms with Crippen molar-refractivity contribution in [2.45, 2.75) is 33.3 Å². The summed E-state index contributed by atoms with van der Waals surface area (Å²) in [6, 6.07) is 10.4. The Balaban J connectivity index is 2.22. The first-order valence-electron chi connectivity index (χ1n) is 6.87. The van der Waals surface area contributed by atoms with Gasteiger partial charge in [0.25, 0.3) is 5.69 Å². The van der Waals surface area contributed by atoms with Crippen LogP contribution in [0.1, 0.15) is 33.9 Å². The van der Waals surface area contributed by atoms with Gasteiger partial charge in [-0.25, -0.2) is 0 Å². The highest BCUT2D eigenvalue weighted by atomic mass is 16.6. The van der Waals surface area contributed by atoms with Crippen LogP contribution in [-0.2, 0) is 6.42 Å². The fourth-order valence-electron chi connectivity index (χ4n) is 2.80. The van der Waals surface area contributed by atoms with Gasteiger partial charge in [-0.3, -0.25) is 10.1 Å². The van der Waals surface area contributed by atoms with E-state index >= 15 is 0 Å². The smallest absolute Gasteiger partial charge is 0.269 e.